The normalized spacial score (nSPS) is 13.7. The van der Waals surface area contributed by atoms with E-state index in [9.17, 15) is 9.90 Å². The predicted octanol–water partition coefficient (Wildman–Crippen LogP) is 2.86. The summed E-state index contributed by atoms with van der Waals surface area (Å²) in [6, 6.07) is 13.4. The number of amides is 1. The lowest BCUT2D eigenvalue weighted by molar-refractivity contribution is -0.121. The van der Waals surface area contributed by atoms with Crippen LogP contribution in [-0.2, 0) is 16.8 Å². The van der Waals surface area contributed by atoms with E-state index in [0.717, 1.165) is 21.3 Å². The van der Waals surface area contributed by atoms with Gasteiger partial charge in [0.25, 0.3) is 0 Å². The second-order valence-corrected chi connectivity index (χ2v) is 6.64. The van der Waals surface area contributed by atoms with E-state index < -0.39 is 5.60 Å². The van der Waals surface area contributed by atoms with E-state index >= 15 is 0 Å². The summed E-state index contributed by atoms with van der Waals surface area (Å²) in [5.41, 5.74) is 0.674. The molecule has 2 aromatic heterocycles. The van der Waals surface area contributed by atoms with Crippen LogP contribution in [0.2, 0.25) is 0 Å². The minimum Gasteiger partial charge on any atom is -0.383 e. The van der Waals surface area contributed by atoms with Crippen LogP contribution in [0.3, 0.4) is 0 Å². The molecule has 2 N–H and O–H groups in total. The van der Waals surface area contributed by atoms with E-state index in [-0.39, 0.29) is 18.9 Å². The maximum Gasteiger partial charge on any atom is 0.224 e. The molecule has 0 spiro atoms. The molecule has 2 heterocycles. The van der Waals surface area contributed by atoms with Crippen LogP contribution in [0.5, 0.6) is 0 Å². The molecule has 118 valence electrons. The highest BCUT2D eigenvalue weighted by molar-refractivity contribution is 7.10. The number of aromatic nitrogens is 1. The number of nitrogens with zero attached hydrogens (tertiary/aromatic N) is 1. The molecular formula is C18H18N2O2S. The van der Waals surface area contributed by atoms with Crippen molar-refractivity contribution < 1.29 is 9.90 Å². The molecule has 1 atom stereocenters. The average Bonchev–Trinajstić information content (AvgIpc) is 3.09. The van der Waals surface area contributed by atoms with Gasteiger partial charge >= 0.3 is 0 Å². The van der Waals surface area contributed by atoms with Crippen LogP contribution < -0.4 is 5.32 Å². The fourth-order valence-corrected chi connectivity index (χ4v) is 3.28. The highest BCUT2D eigenvalue weighted by Gasteiger charge is 2.24. The molecule has 3 aromatic rings. The molecule has 0 radical (unpaired) electrons. The van der Waals surface area contributed by atoms with Crippen LogP contribution in [0, 0.1) is 0 Å². The number of carbonyl (C=O) groups excluding carboxylic acids is 1. The summed E-state index contributed by atoms with van der Waals surface area (Å²) < 4.78 is 0. The van der Waals surface area contributed by atoms with Crippen molar-refractivity contribution >= 4 is 28.1 Å². The zero-order chi connectivity index (χ0) is 16.3. The molecule has 5 heteroatoms. The lowest BCUT2D eigenvalue weighted by Crippen LogP contribution is -2.38. The molecule has 0 aliphatic heterocycles. The first-order valence-electron chi connectivity index (χ1n) is 7.42. The first-order chi connectivity index (χ1) is 11.1. The van der Waals surface area contributed by atoms with Crippen molar-refractivity contribution in [3.63, 3.8) is 0 Å². The predicted molar refractivity (Wildman–Crippen MR) is 92.3 cm³/mol. The van der Waals surface area contributed by atoms with E-state index in [1.54, 1.807) is 13.1 Å². The molecule has 0 aliphatic rings. The van der Waals surface area contributed by atoms with Crippen molar-refractivity contribution in [3.05, 3.63) is 64.5 Å². The molecule has 4 nitrogen and oxygen atoms in total. The van der Waals surface area contributed by atoms with Gasteiger partial charge in [-0.25, -0.2) is 0 Å². The quantitative estimate of drug-likeness (QED) is 0.758. The minimum atomic E-state index is -1.05. The van der Waals surface area contributed by atoms with Gasteiger partial charge < -0.3 is 10.4 Å². The first kappa shape index (κ1) is 15.6. The Balaban J connectivity index is 1.67. The molecule has 3 rings (SSSR count). The Bertz CT molecular complexity index is 808. The van der Waals surface area contributed by atoms with Crippen LogP contribution in [0.25, 0.3) is 10.9 Å². The monoisotopic (exact) mass is 326 g/mol. The number of rotatable bonds is 5. The fraction of sp³-hybridized carbons (Fsp3) is 0.222. The molecular weight excluding hydrogens is 308 g/mol. The van der Waals surface area contributed by atoms with Crippen LogP contribution in [0.1, 0.15) is 17.4 Å². The number of nitrogens with one attached hydrogen (secondary N) is 1. The van der Waals surface area contributed by atoms with Crippen LogP contribution in [-0.4, -0.2) is 22.5 Å². The molecule has 0 fully saturated rings. The molecule has 0 unspecified atom stereocenters. The molecule has 0 saturated carbocycles. The van der Waals surface area contributed by atoms with Crippen molar-refractivity contribution in [2.75, 3.05) is 6.54 Å². The number of aliphatic hydroxyl groups is 1. The van der Waals surface area contributed by atoms with E-state index in [0.29, 0.717) is 0 Å². The fourth-order valence-electron chi connectivity index (χ4n) is 2.49. The van der Waals surface area contributed by atoms with E-state index in [2.05, 4.69) is 10.3 Å². The van der Waals surface area contributed by atoms with E-state index in [1.165, 1.54) is 11.3 Å². The number of hydrogen-bond donors (Lipinski definition) is 2. The van der Waals surface area contributed by atoms with Gasteiger partial charge in [-0.15, -0.1) is 11.3 Å². The Morgan fingerprint density at radius 3 is 2.87 bits per heavy atom. The van der Waals surface area contributed by atoms with Gasteiger partial charge in [0.05, 0.1) is 18.5 Å². The summed E-state index contributed by atoms with van der Waals surface area (Å²) in [6.45, 7) is 1.89. The zero-order valence-corrected chi connectivity index (χ0v) is 13.6. The summed E-state index contributed by atoms with van der Waals surface area (Å²) >= 11 is 1.48. The molecule has 0 aliphatic carbocycles. The van der Waals surface area contributed by atoms with Gasteiger partial charge in [-0.05, 0) is 30.0 Å². The second-order valence-electron chi connectivity index (χ2n) is 5.70. The Morgan fingerprint density at radius 1 is 1.26 bits per heavy atom. The number of thiophene rings is 1. The third-order valence-corrected chi connectivity index (χ3v) is 4.87. The highest BCUT2D eigenvalue weighted by atomic mass is 32.1. The van der Waals surface area contributed by atoms with Crippen molar-refractivity contribution in [2.24, 2.45) is 0 Å². The summed E-state index contributed by atoms with van der Waals surface area (Å²) in [7, 11) is 0. The minimum absolute atomic E-state index is 0.125. The van der Waals surface area contributed by atoms with Crippen LogP contribution in [0.15, 0.2) is 54.0 Å². The van der Waals surface area contributed by atoms with Crippen LogP contribution >= 0.6 is 11.3 Å². The average molecular weight is 326 g/mol. The number of carbonyl (C=O) groups is 1. The number of para-hydroxylation sites is 1. The summed E-state index contributed by atoms with van der Waals surface area (Å²) in [6.07, 6.45) is 1.97. The van der Waals surface area contributed by atoms with Crippen molar-refractivity contribution in [1.29, 1.82) is 0 Å². The van der Waals surface area contributed by atoms with E-state index in [1.807, 2.05) is 47.8 Å². The molecule has 1 aromatic carbocycles. The first-order valence-corrected chi connectivity index (χ1v) is 8.30. The smallest absolute Gasteiger partial charge is 0.224 e. The lowest BCUT2D eigenvalue weighted by Gasteiger charge is -2.22. The maximum absolute atomic E-state index is 12.2. The number of fused-ring (bicyclic) bond motifs is 1. The zero-order valence-electron chi connectivity index (χ0n) is 12.8. The maximum atomic E-state index is 12.2. The molecule has 23 heavy (non-hydrogen) atoms. The summed E-state index contributed by atoms with van der Waals surface area (Å²) in [5, 5.41) is 16.2. The van der Waals surface area contributed by atoms with Crippen molar-refractivity contribution in [2.45, 2.75) is 18.9 Å². The number of benzene rings is 1. The Hall–Kier alpha value is -2.24. The molecule has 0 saturated heterocycles. The third-order valence-electron chi connectivity index (χ3n) is 3.75. The van der Waals surface area contributed by atoms with Gasteiger partial charge in [-0.1, -0.05) is 30.3 Å². The summed E-state index contributed by atoms with van der Waals surface area (Å²) in [4.78, 5) is 17.4. The Morgan fingerprint density at radius 2 is 2.09 bits per heavy atom. The van der Waals surface area contributed by atoms with Gasteiger partial charge in [0.15, 0.2) is 0 Å². The van der Waals surface area contributed by atoms with Gasteiger partial charge in [0, 0.05) is 16.5 Å². The molecule has 0 bridgehead atoms. The Labute approximate surface area is 138 Å². The lowest BCUT2D eigenvalue weighted by atomic mass is 10.0. The molecule has 1 amide bonds. The topological polar surface area (TPSA) is 62.2 Å². The van der Waals surface area contributed by atoms with Gasteiger partial charge in [0.1, 0.15) is 5.60 Å². The largest absolute Gasteiger partial charge is 0.383 e. The van der Waals surface area contributed by atoms with E-state index in [4.69, 9.17) is 0 Å². The van der Waals surface area contributed by atoms with Gasteiger partial charge in [-0.3, -0.25) is 9.78 Å². The SMILES string of the molecule is C[C@](O)(CNC(=O)Cc1cccc2cccnc12)c1cccs1. The standard InChI is InChI=1S/C18H18N2O2S/c1-18(22,15-8-4-10-23-15)12-20-16(21)11-14-6-2-5-13-7-3-9-19-17(13)14/h2-10,22H,11-12H2,1H3,(H,20,21)/t18-/m0/s1. The van der Waals surface area contributed by atoms with Crippen molar-refractivity contribution in [1.82, 2.24) is 10.3 Å². The van der Waals surface area contributed by atoms with Crippen LogP contribution in [0.4, 0.5) is 0 Å². The highest BCUT2D eigenvalue weighted by Crippen LogP contribution is 2.24. The summed E-state index contributed by atoms with van der Waals surface area (Å²) in [5.74, 6) is -0.125. The number of hydrogen-bond acceptors (Lipinski definition) is 4. The van der Waals surface area contributed by atoms with Crippen molar-refractivity contribution in [3.8, 4) is 0 Å². The van der Waals surface area contributed by atoms with Gasteiger partial charge in [-0.2, -0.15) is 0 Å². The number of pyridine rings is 1. The third kappa shape index (κ3) is 3.57. The van der Waals surface area contributed by atoms with Gasteiger partial charge in [0.2, 0.25) is 5.91 Å². The second kappa shape index (κ2) is 6.48. The Kier molecular flexibility index (Phi) is 4.41.